The normalized spacial score (nSPS) is 18.9. The second-order valence-electron chi connectivity index (χ2n) is 5.98. The predicted molar refractivity (Wildman–Crippen MR) is 77.8 cm³/mol. The van der Waals surface area contributed by atoms with Gasteiger partial charge in [0.15, 0.2) is 5.78 Å². The van der Waals surface area contributed by atoms with Crippen molar-refractivity contribution in [3.8, 4) is 0 Å². The molecule has 3 rings (SSSR count). The third-order valence-electron chi connectivity index (χ3n) is 4.69. The average Bonchev–Trinajstić information content (AvgIpc) is 2.94. The number of piperidine rings is 1. The monoisotopic (exact) mass is 271 g/mol. The van der Waals surface area contributed by atoms with Gasteiger partial charge in [0.1, 0.15) is 0 Å². The van der Waals surface area contributed by atoms with Gasteiger partial charge < -0.3 is 4.90 Å². The zero-order valence-electron chi connectivity index (χ0n) is 12.0. The molecule has 0 unspecified atom stereocenters. The van der Waals surface area contributed by atoms with E-state index in [4.69, 9.17) is 0 Å². The van der Waals surface area contributed by atoms with E-state index in [1.54, 1.807) is 6.92 Å². The lowest BCUT2D eigenvalue weighted by Gasteiger charge is -2.30. The molecule has 0 N–H and O–H groups in total. The number of amides is 1. The number of ketones is 1. The van der Waals surface area contributed by atoms with Crippen molar-refractivity contribution in [1.82, 2.24) is 4.90 Å². The van der Waals surface area contributed by atoms with Gasteiger partial charge in [-0.05, 0) is 49.3 Å². The van der Waals surface area contributed by atoms with Crippen molar-refractivity contribution in [3.05, 3.63) is 34.9 Å². The first-order valence-electron chi connectivity index (χ1n) is 7.56. The van der Waals surface area contributed by atoms with E-state index < -0.39 is 0 Å². The first-order valence-corrected chi connectivity index (χ1v) is 7.56. The lowest BCUT2D eigenvalue weighted by atomic mass is 9.88. The SMILES string of the molecule is CC(=O)N1CCC(C(=O)c2ccc3c(c2)CCC3)CC1. The van der Waals surface area contributed by atoms with Crippen LogP contribution < -0.4 is 0 Å². The Labute approximate surface area is 120 Å². The number of Topliss-reactive ketones (excluding diaryl/α,β-unsaturated/α-hetero) is 1. The summed E-state index contributed by atoms with van der Waals surface area (Å²) < 4.78 is 0. The maximum atomic E-state index is 12.6. The Kier molecular flexibility index (Phi) is 3.60. The Hall–Kier alpha value is -1.64. The summed E-state index contributed by atoms with van der Waals surface area (Å²) in [7, 11) is 0. The number of nitrogens with zero attached hydrogens (tertiary/aromatic N) is 1. The number of carbonyl (C=O) groups is 2. The van der Waals surface area contributed by atoms with Gasteiger partial charge in [-0.2, -0.15) is 0 Å². The highest BCUT2D eigenvalue weighted by atomic mass is 16.2. The van der Waals surface area contributed by atoms with Gasteiger partial charge in [-0.25, -0.2) is 0 Å². The van der Waals surface area contributed by atoms with E-state index in [2.05, 4.69) is 12.1 Å². The van der Waals surface area contributed by atoms with Crippen LogP contribution in [0.4, 0.5) is 0 Å². The zero-order chi connectivity index (χ0) is 14.1. The molecule has 1 aliphatic carbocycles. The minimum Gasteiger partial charge on any atom is -0.343 e. The molecule has 1 saturated heterocycles. The summed E-state index contributed by atoms with van der Waals surface area (Å²) in [5, 5.41) is 0. The van der Waals surface area contributed by atoms with Crippen LogP contribution in [-0.4, -0.2) is 29.7 Å². The third-order valence-corrected chi connectivity index (χ3v) is 4.69. The standard InChI is InChI=1S/C17H21NO2/c1-12(19)18-9-7-14(8-10-18)17(20)16-6-5-13-3-2-4-15(13)11-16/h5-6,11,14H,2-4,7-10H2,1H3. The molecule has 0 atom stereocenters. The van der Waals surface area contributed by atoms with E-state index >= 15 is 0 Å². The molecule has 3 nitrogen and oxygen atoms in total. The van der Waals surface area contributed by atoms with Crippen LogP contribution in [-0.2, 0) is 17.6 Å². The van der Waals surface area contributed by atoms with Crippen LogP contribution in [0.3, 0.4) is 0 Å². The number of benzene rings is 1. The molecular weight excluding hydrogens is 250 g/mol. The van der Waals surface area contributed by atoms with Crippen LogP contribution in [0.25, 0.3) is 0 Å². The molecule has 2 aliphatic rings. The summed E-state index contributed by atoms with van der Waals surface area (Å²) in [6, 6.07) is 6.21. The number of hydrogen-bond donors (Lipinski definition) is 0. The highest BCUT2D eigenvalue weighted by molar-refractivity contribution is 5.98. The minimum atomic E-state index is 0.0880. The smallest absolute Gasteiger partial charge is 0.219 e. The van der Waals surface area contributed by atoms with E-state index in [1.807, 2.05) is 11.0 Å². The van der Waals surface area contributed by atoms with Gasteiger partial charge in [0, 0.05) is 31.5 Å². The Morgan fingerprint density at radius 3 is 2.50 bits per heavy atom. The van der Waals surface area contributed by atoms with Crippen molar-refractivity contribution in [2.45, 2.75) is 39.0 Å². The predicted octanol–water partition coefficient (Wildman–Crippen LogP) is 2.62. The van der Waals surface area contributed by atoms with Crippen LogP contribution in [0, 0.1) is 5.92 Å². The molecule has 20 heavy (non-hydrogen) atoms. The van der Waals surface area contributed by atoms with Gasteiger partial charge in [0.2, 0.25) is 5.91 Å². The molecule has 0 saturated carbocycles. The van der Waals surface area contributed by atoms with Crippen molar-refractivity contribution in [3.63, 3.8) is 0 Å². The molecule has 0 bridgehead atoms. The van der Waals surface area contributed by atoms with Crippen LogP contribution in [0.15, 0.2) is 18.2 Å². The van der Waals surface area contributed by atoms with Crippen LogP contribution in [0.2, 0.25) is 0 Å². The number of aryl methyl sites for hydroxylation is 2. The first-order chi connectivity index (χ1) is 9.65. The van der Waals surface area contributed by atoms with Gasteiger partial charge in [-0.3, -0.25) is 9.59 Å². The molecule has 1 heterocycles. The molecule has 0 spiro atoms. The molecule has 1 fully saturated rings. The first kappa shape index (κ1) is 13.3. The third kappa shape index (κ3) is 2.49. The highest BCUT2D eigenvalue weighted by Gasteiger charge is 2.27. The summed E-state index contributed by atoms with van der Waals surface area (Å²) in [6.07, 6.45) is 5.08. The van der Waals surface area contributed by atoms with Gasteiger partial charge in [-0.1, -0.05) is 12.1 Å². The fourth-order valence-corrected chi connectivity index (χ4v) is 3.42. The minimum absolute atomic E-state index is 0.0880. The number of hydrogen-bond acceptors (Lipinski definition) is 2. The molecule has 106 valence electrons. The second kappa shape index (κ2) is 5.39. The Balaban J connectivity index is 1.69. The largest absolute Gasteiger partial charge is 0.343 e. The van der Waals surface area contributed by atoms with Gasteiger partial charge in [0.05, 0.1) is 0 Å². The number of carbonyl (C=O) groups excluding carboxylic acids is 2. The highest BCUT2D eigenvalue weighted by Crippen LogP contribution is 2.26. The molecule has 1 aliphatic heterocycles. The van der Waals surface area contributed by atoms with Crippen molar-refractivity contribution < 1.29 is 9.59 Å². The number of likely N-dealkylation sites (tertiary alicyclic amines) is 1. The van der Waals surface area contributed by atoms with Gasteiger partial charge >= 0.3 is 0 Å². The van der Waals surface area contributed by atoms with E-state index in [1.165, 1.54) is 17.5 Å². The molecule has 1 aromatic rings. The summed E-state index contributed by atoms with van der Waals surface area (Å²) >= 11 is 0. The molecule has 3 heteroatoms. The quantitative estimate of drug-likeness (QED) is 0.775. The number of fused-ring (bicyclic) bond motifs is 1. The van der Waals surface area contributed by atoms with Crippen LogP contribution >= 0.6 is 0 Å². The maximum Gasteiger partial charge on any atom is 0.219 e. The van der Waals surface area contributed by atoms with Crippen molar-refractivity contribution in [1.29, 1.82) is 0 Å². The topological polar surface area (TPSA) is 37.4 Å². The molecule has 0 aromatic heterocycles. The molecular formula is C17H21NO2. The van der Waals surface area contributed by atoms with Gasteiger partial charge in [-0.15, -0.1) is 0 Å². The summed E-state index contributed by atoms with van der Waals surface area (Å²) in [6.45, 7) is 3.04. The Morgan fingerprint density at radius 1 is 1.10 bits per heavy atom. The molecule has 1 amide bonds. The summed E-state index contributed by atoms with van der Waals surface area (Å²) in [5.74, 6) is 0.474. The fraction of sp³-hybridized carbons (Fsp3) is 0.529. The van der Waals surface area contributed by atoms with Crippen LogP contribution in [0.1, 0.15) is 47.7 Å². The Bertz CT molecular complexity index is 542. The fourth-order valence-electron chi connectivity index (χ4n) is 3.42. The Morgan fingerprint density at radius 2 is 1.80 bits per heavy atom. The summed E-state index contributed by atoms with van der Waals surface area (Å²) in [4.78, 5) is 25.7. The summed E-state index contributed by atoms with van der Waals surface area (Å²) in [5.41, 5.74) is 3.64. The zero-order valence-corrected chi connectivity index (χ0v) is 12.0. The van der Waals surface area contributed by atoms with Crippen molar-refractivity contribution in [2.24, 2.45) is 5.92 Å². The molecule has 1 aromatic carbocycles. The van der Waals surface area contributed by atoms with Gasteiger partial charge in [0.25, 0.3) is 0 Å². The average molecular weight is 271 g/mol. The maximum absolute atomic E-state index is 12.6. The van der Waals surface area contributed by atoms with E-state index in [0.29, 0.717) is 0 Å². The van der Waals surface area contributed by atoms with E-state index in [-0.39, 0.29) is 17.6 Å². The van der Waals surface area contributed by atoms with E-state index in [9.17, 15) is 9.59 Å². The lowest BCUT2D eigenvalue weighted by molar-refractivity contribution is -0.130. The van der Waals surface area contributed by atoms with Crippen molar-refractivity contribution in [2.75, 3.05) is 13.1 Å². The van der Waals surface area contributed by atoms with E-state index in [0.717, 1.165) is 44.3 Å². The van der Waals surface area contributed by atoms with Crippen LogP contribution in [0.5, 0.6) is 0 Å². The number of rotatable bonds is 2. The van der Waals surface area contributed by atoms with Crippen molar-refractivity contribution >= 4 is 11.7 Å². The second-order valence-corrected chi connectivity index (χ2v) is 5.98. The molecule has 0 radical (unpaired) electrons. The lowest BCUT2D eigenvalue weighted by Crippen LogP contribution is -2.39.